The quantitative estimate of drug-likeness (QED) is 0.444. The van der Waals surface area contributed by atoms with Gasteiger partial charge >= 0.3 is 5.97 Å². The van der Waals surface area contributed by atoms with Crippen molar-refractivity contribution in [1.29, 1.82) is 0 Å². The zero-order valence-electron chi connectivity index (χ0n) is 10.8. The number of hydrogen-bond donors (Lipinski definition) is 0. The van der Waals surface area contributed by atoms with Crippen molar-refractivity contribution in [2.45, 2.75) is 46.8 Å². The van der Waals surface area contributed by atoms with Crippen LogP contribution in [0.2, 0.25) is 0 Å². The van der Waals surface area contributed by atoms with Crippen LogP contribution in [0.5, 0.6) is 0 Å². The Balaban J connectivity index is 0. The molecular formula is C11H20O4Zr. The van der Waals surface area contributed by atoms with Crippen LogP contribution in [-0.2, 0) is 45.2 Å². The molecule has 0 N–H and O–H groups in total. The van der Waals surface area contributed by atoms with E-state index in [1.807, 2.05) is 27.7 Å². The fourth-order valence-corrected chi connectivity index (χ4v) is 0.869. The Labute approximate surface area is 116 Å². The van der Waals surface area contributed by atoms with Crippen molar-refractivity contribution in [3.63, 3.8) is 0 Å². The van der Waals surface area contributed by atoms with Crippen LogP contribution in [0.4, 0.5) is 0 Å². The van der Waals surface area contributed by atoms with E-state index in [0.29, 0.717) is 5.57 Å². The molecule has 4 nitrogen and oxygen atoms in total. The second-order valence-electron chi connectivity index (χ2n) is 3.74. The minimum Gasteiger partial charge on any atom is -0.465 e. The van der Waals surface area contributed by atoms with Gasteiger partial charge in [0.25, 0.3) is 5.95 Å². The van der Waals surface area contributed by atoms with E-state index >= 15 is 0 Å². The van der Waals surface area contributed by atoms with E-state index in [4.69, 9.17) is 9.47 Å². The summed E-state index contributed by atoms with van der Waals surface area (Å²) in [6.07, 6.45) is -0.0864. The molecule has 0 amide bonds. The van der Waals surface area contributed by atoms with Crippen molar-refractivity contribution in [2.75, 3.05) is 7.11 Å². The number of esters is 1. The van der Waals surface area contributed by atoms with Gasteiger partial charge in [0.1, 0.15) is 5.57 Å². The van der Waals surface area contributed by atoms with Gasteiger partial charge in [-0.2, -0.15) is 0 Å². The molecule has 0 bridgehead atoms. The molecule has 0 fully saturated rings. The Morgan fingerprint density at radius 1 is 1.00 bits per heavy atom. The van der Waals surface area contributed by atoms with Crippen LogP contribution in [-0.4, -0.2) is 25.3 Å². The van der Waals surface area contributed by atoms with Gasteiger partial charge in [-0.1, -0.05) is 0 Å². The van der Waals surface area contributed by atoms with E-state index in [1.165, 1.54) is 7.11 Å². The Morgan fingerprint density at radius 3 is 1.62 bits per heavy atom. The first-order valence-electron chi connectivity index (χ1n) is 5.01. The van der Waals surface area contributed by atoms with E-state index in [9.17, 15) is 4.79 Å². The Hall–Kier alpha value is -0.307. The first-order chi connectivity index (χ1) is 6.88. The summed E-state index contributed by atoms with van der Waals surface area (Å²) in [5.41, 5.74) is 0.347. The van der Waals surface area contributed by atoms with Crippen LogP contribution in [0.1, 0.15) is 34.6 Å². The molecule has 0 aromatic heterocycles. The van der Waals surface area contributed by atoms with Gasteiger partial charge in [-0.25, -0.2) is 4.79 Å². The normalized spacial score (nSPS) is 9.50. The van der Waals surface area contributed by atoms with Gasteiger partial charge < -0.3 is 14.2 Å². The third-order valence-electron chi connectivity index (χ3n) is 1.48. The molecule has 5 heteroatoms. The van der Waals surface area contributed by atoms with E-state index < -0.39 is 5.97 Å². The number of methoxy groups -OCH3 is 1. The Kier molecular flexibility index (Phi) is 9.94. The fraction of sp³-hybridized carbons (Fsp3) is 0.727. The zero-order chi connectivity index (χ0) is 12.0. The van der Waals surface area contributed by atoms with Crippen molar-refractivity contribution < 1.29 is 45.2 Å². The number of hydrogen-bond acceptors (Lipinski definition) is 4. The molecule has 0 aliphatic heterocycles. The molecule has 0 rings (SSSR count). The molecule has 0 radical (unpaired) electrons. The topological polar surface area (TPSA) is 44.8 Å². The van der Waals surface area contributed by atoms with Gasteiger partial charge in [0, 0.05) is 26.2 Å². The number of ether oxygens (including phenoxy) is 3. The maximum atomic E-state index is 11.3. The molecule has 0 saturated heterocycles. The van der Waals surface area contributed by atoms with E-state index in [-0.39, 0.29) is 44.4 Å². The van der Waals surface area contributed by atoms with Crippen molar-refractivity contribution in [1.82, 2.24) is 0 Å². The fourth-order valence-electron chi connectivity index (χ4n) is 0.869. The summed E-state index contributed by atoms with van der Waals surface area (Å²) in [5.74, 6) is -0.196. The molecule has 0 saturated carbocycles. The maximum absolute atomic E-state index is 11.3. The summed E-state index contributed by atoms with van der Waals surface area (Å²) >= 11 is 0. The van der Waals surface area contributed by atoms with Gasteiger partial charge in [-0.15, -0.1) is 0 Å². The third kappa shape index (κ3) is 7.05. The van der Waals surface area contributed by atoms with Crippen LogP contribution < -0.4 is 0 Å². The number of carbonyl (C=O) groups excluding carboxylic acids is 1. The van der Waals surface area contributed by atoms with Crippen molar-refractivity contribution in [3.8, 4) is 0 Å². The predicted molar refractivity (Wildman–Crippen MR) is 57.2 cm³/mol. The van der Waals surface area contributed by atoms with Gasteiger partial charge in [0.15, 0.2) is 0 Å². The van der Waals surface area contributed by atoms with E-state index in [2.05, 4.69) is 4.74 Å². The van der Waals surface area contributed by atoms with Crippen LogP contribution in [0.15, 0.2) is 11.5 Å². The van der Waals surface area contributed by atoms with Crippen molar-refractivity contribution >= 4 is 5.97 Å². The predicted octanol–water partition coefficient (Wildman–Crippen LogP) is 2.24. The molecule has 92 valence electrons. The number of carbonyl (C=O) groups is 1. The Morgan fingerprint density at radius 2 is 1.38 bits per heavy atom. The maximum Gasteiger partial charge on any atom is 0.340 e. The zero-order valence-corrected chi connectivity index (χ0v) is 13.2. The van der Waals surface area contributed by atoms with Crippen LogP contribution in [0.3, 0.4) is 0 Å². The second-order valence-corrected chi connectivity index (χ2v) is 3.74. The molecule has 16 heavy (non-hydrogen) atoms. The average Bonchev–Trinajstić information content (AvgIpc) is 2.13. The summed E-state index contributed by atoms with van der Waals surface area (Å²) in [4.78, 5) is 11.3. The third-order valence-corrected chi connectivity index (χ3v) is 1.48. The molecule has 0 aromatic rings. The largest absolute Gasteiger partial charge is 0.465 e. The van der Waals surface area contributed by atoms with Crippen LogP contribution in [0, 0.1) is 0 Å². The standard InChI is InChI=1S/C11H20O4.Zr/c1-7(2)14-11(15-8(3)4)9(5)10(12)13-6;/h7-8H,1-6H3;. The summed E-state index contributed by atoms with van der Waals surface area (Å²) in [5, 5.41) is 0. The molecule has 0 unspecified atom stereocenters. The molecule has 0 aliphatic carbocycles. The summed E-state index contributed by atoms with van der Waals surface area (Å²) in [6, 6.07) is 0. The molecule has 0 aliphatic rings. The van der Waals surface area contributed by atoms with E-state index in [1.54, 1.807) is 6.92 Å². The first kappa shape index (κ1) is 18.1. The summed E-state index contributed by atoms with van der Waals surface area (Å²) < 4.78 is 15.4. The minimum absolute atomic E-state index is 0. The van der Waals surface area contributed by atoms with Crippen LogP contribution in [0.25, 0.3) is 0 Å². The molecule has 0 atom stereocenters. The summed E-state index contributed by atoms with van der Waals surface area (Å²) in [7, 11) is 1.33. The number of rotatable bonds is 5. The van der Waals surface area contributed by atoms with Gasteiger partial charge in [0.05, 0.1) is 19.3 Å². The molecule has 0 aromatic carbocycles. The Bertz CT molecular complexity index is 234. The molecular weight excluding hydrogens is 287 g/mol. The van der Waals surface area contributed by atoms with E-state index in [0.717, 1.165) is 0 Å². The van der Waals surface area contributed by atoms with Crippen molar-refractivity contribution in [2.24, 2.45) is 0 Å². The monoisotopic (exact) mass is 306 g/mol. The SMILES string of the molecule is COC(=O)C(C)=C(OC(C)C)OC(C)C.[Zr]. The minimum atomic E-state index is -0.439. The average molecular weight is 308 g/mol. The first-order valence-corrected chi connectivity index (χ1v) is 5.01. The van der Waals surface area contributed by atoms with Gasteiger partial charge in [-0.05, 0) is 34.6 Å². The van der Waals surface area contributed by atoms with Crippen LogP contribution >= 0.6 is 0 Å². The summed E-state index contributed by atoms with van der Waals surface area (Å²) in [6.45, 7) is 9.09. The molecule has 0 heterocycles. The smallest absolute Gasteiger partial charge is 0.340 e. The molecule has 0 spiro atoms. The van der Waals surface area contributed by atoms with Crippen molar-refractivity contribution in [3.05, 3.63) is 11.5 Å². The second kappa shape index (κ2) is 8.80. The van der Waals surface area contributed by atoms with Gasteiger partial charge in [-0.3, -0.25) is 0 Å². The van der Waals surface area contributed by atoms with Gasteiger partial charge in [0.2, 0.25) is 0 Å².